The Labute approximate surface area is 138 Å². The van der Waals surface area contributed by atoms with Crippen LogP contribution in [0.4, 0.5) is 0 Å². The molecule has 0 atom stereocenters. The van der Waals surface area contributed by atoms with Crippen molar-refractivity contribution in [3.63, 3.8) is 0 Å². The van der Waals surface area contributed by atoms with Crippen LogP contribution in [0.2, 0.25) is 0 Å². The first kappa shape index (κ1) is 17.6. The van der Waals surface area contributed by atoms with Crippen LogP contribution < -0.4 is 9.37 Å². The second kappa shape index (κ2) is 7.66. The van der Waals surface area contributed by atoms with Crippen molar-refractivity contribution in [1.82, 2.24) is 9.55 Å². The number of aryl methyl sites for hydroxylation is 2. The van der Waals surface area contributed by atoms with Crippen molar-refractivity contribution in [2.45, 2.75) is 26.3 Å². The molecule has 0 aliphatic heterocycles. The number of unbranched alkanes of at least 4 members (excludes halogenated alkanes) is 1. The Morgan fingerprint density at radius 1 is 1.48 bits per heavy atom. The van der Waals surface area contributed by atoms with Crippen molar-refractivity contribution in [2.75, 3.05) is 5.75 Å². The maximum absolute atomic E-state index is 10.6. The van der Waals surface area contributed by atoms with E-state index in [1.54, 1.807) is 12.4 Å². The largest absolute Gasteiger partial charge is 0.748 e. The monoisotopic (exact) mass is 357 g/mol. The standard InChI is InChI=1S/C13H19N5O3S2/c1-11-10-22-13(17(11)2)16-15-9-12-14-5-7-18(12)6-3-4-8-23(19,20)21/h5,7,9-10H,3-4,6,8H2,1-2H3,(H,19,20,21). The highest BCUT2D eigenvalue weighted by atomic mass is 32.2. The minimum absolute atomic E-state index is 0.328. The quantitative estimate of drug-likeness (QED) is 0.253. The number of aromatic amines is 1. The number of hydrogen-bond acceptors (Lipinski definition) is 6. The van der Waals surface area contributed by atoms with E-state index in [1.165, 1.54) is 11.3 Å². The van der Waals surface area contributed by atoms with Gasteiger partial charge in [-0.25, -0.2) is 18.0 Å². The average molecular weight is 357 g/mol. The Balaban J connectivity index is 1.97. The van der Waals surface area contributed by atoms with Crippen LogP contribution in [0.25, 0.3) is 0 Å². The van der Waals surface area contributed by atoms with Crippen LogP contribution in [-0.2, 0) is 23.7 Å². The van der Waals surface area contributed by atoms with Crippen molar-refractivity contribution in [1.29, 1.82) is 0 Å². The zero-order valence-corrected chi connectivity index (χ0v) is 14.6. The molecule has 1 N–H and O–H groups in total. The van der Waals surface area contributed by atoms with Gasteiger partial charge < -0.3 is 9.12 Å². The molecule has 126 valence electrons. The third-order valence-corrected chi connectivity index (χ3v) is 5.13. The molecule has 0 aliphatic carbocycles. The summed E-state index contributed by atoms with van der Waals surface area (Å²) in [6.07, 6.45) is 6.15. The fraction of sp³-hybridized carbons (Fsp3) is 0.462. The Morgan fingerprint density at radius 3 is 2.91 bits per heavy atom. The Hall–Kier alpha value is -1.78. The van der Waals surface area contributed by atoms with Gasteiger partial charge in [0, 0.05) is 23.9 Å². The van der Waals surface area contributed by atoms with Gasteiger partial charge in [-0.1, -0.05) is 0 Å². The number of H-pyrrole nitrogens is 1. The summed E-state index contributed by atoms with van der Waals surface area (Å²) in [5.41, 5.74) is 1.12. The lowest BCUT2D eigenvalue weighted by atomic mass is 10.3. The number of rotatable bonds is 7. The number of nitrogens with zero attached hydrogens (tertiary/aromatic N) is 4. The maximum Gasteiger partial charge on any atom is 0.299 e. The van der Waals surface area contributed by atoms with E-state index >= 15 is 0 Å². The summed E-state index contributed by atoms with van der Waals surface area (Å²) in [6, 6.07) is 0. The van der Waals surface area contributed by atoms with Crippen LogP contribution in [-0.4, -0.2) is 34.5 Å². The van der Waals surface area contributed by atoms with Gasteiger partial charge in [0.1, 0.15) is 18.6 Å². The number of nitrogens with one attached hydrogen (secondary N) is 1. The molecule has 2 aromatic rings. The molecule has 23 heavy (non-hydrogen) atoms. The van der Waals surface area contributed by atoms with E-state index in [0.717, 1.165) is 16.3 Å². The third-order valence-electron chi connectivity index (χ3n) is 3.31. The van der Waals surface area contributed by atoms with E-state index in [0.29, 0.717) is 19.4 Å². The first-order valence-corrected chi connectivity index (χ1v) is 9.51. The molecule has 0 spiro atoms. The molecule has 0 bridgehead atoms. The molecule has 0 saturated carbocycles. The first-order valence-electron chi connectivity index (χ1n) is 7.05. The van der Waals surface area contributed by atoms with Crippen molar-refractivity contribution < 1.29 is 17.5 Å². The van der Waals surface area contributed by atoms with Gasteiger partial charge >= 0.3 is 0 Å². The molecule has 0 unspecified atom stereocenters. The van der Waals surface area contributed by atoms with Crippen molar-refractivity contribution in [3.8, 4) is 0 Å². The van der Waals surface area contributed by atoms with E-state index in [4.69, 9.17) is 0 Å². The summed E-state index contributed by atoms with van der Waals surface area (Å²) < 4.78 is 35.5. The van der Waals surface area contributed by atoms with Crippen LogP contribution in [0.15, 0.2) is 28.0 Å². The second-order valence-electron chi connectivity index (χ2n) is 5.07. The minimum Gasteiger partial charge on any atom is -0.748 e. The Bertz CT molecular complexity index is 845. The topological polar surface area (TPSA) is 107 Å². The molecule has 0 saturated heterocycles. The predicted molar refractivity (Wildman–Crippen MR) is 86.0 cm³/mol. The SMILES string of the molecule is Cc1csc(=NN=Cc2[nH]cc[n+]2CCCCS(=O)(=O)[O-])n1C. The van der Waals surface area contributed by atoms with Crippen LogP contribution in [0.5, 0.6) is 0 Å². The number of imidazole rings is 1. The van der Waals surface area contributed by atoms with E-state index in [9.17, 15) is 13.0 Å². The fourth-order valence-electron chi connectivity index (χ4n) is 1.91. The van der Waals surface area contributed by atoms with Crippen LogP contribution in [0, 0.1) is 6.92 Å². The molecule has 10 heteroatoms. The van der Waals surface area contributed by atoms with Gasteiger partial charge in [-0.15, -0.1) is 21.5 Å². The van der Waals surface area contributed by atoms with E-state index in [2.05, 4.69) is 15.2 Å². The fourth-order valence-corrected chi connectivity index (χ4v) is 3.30. The molecule has 0 aromatic carbocycles. The third kappa shape index (κ3) is 5.41. The summed E-state index contributed by atoms with van der Waals surface area (Å²) in [6.45, 7) is 2.60. The molecule has 0 fully saturated rings. The summed E-state index contributed by atoms with van der Waals surface area (Å²) in [5, 5.41) is 10.3. The van der Waals surface area contributed by atoms with Gasteiger partial charge in [-0.05, 0) is 19.8 Å². The molecular formula is C13H19N5O3S2. The molecule has 0 radical (unpaired) electrons. The van der Waals surface area contributed by atoms with Crippen LogP contribution in [0.3, 0.4) is 0 Å². The smallest absolute Gasteiger partial charge is 0.299 e. The van der Waals surface area contributed by atoms with Gasteiger partial charge in [0.15, 0.2) is 0 Å². The Morgan fingerprint density at radius 2 is 2.26 bits per heavy atom. The van der Waals surface area contributed by atoms with Gasteiger partial charge in [0.25, 0.3) is 5.82 Å². The molecule has 0 aliphatic rings. The first-order chi connectivity index (χ1) is 10.9. The summed E-state index contributed by atoms with van der Waals surface area (Å²) in [4.78, 5) is 3.84. The van der Waals surface area contributed by atoms with Crippen molar-refractivity contribution in [2.24, 2.45) is 17.3 Å². The highest BCUT2D eigenvalue weighted by Gasteiger charge is 2.07. The molecule has 2 heterocycles. The summed E-state index contributed by atoms with van der Waals surface area (Å²) in [7, 11) is -2.20. The minimum atomic E-state index is -4.13. The van der Waals surface area contributed by atoms with Gasteiger partial charge in [0.05, 0.1) is 16.7 Å². The normalized spacial score (nSPS) is 13.3. The molecular weight excluding hydrogens is 338 g/mol. The lowest BCUT2D eigenvalue weighted by Crippen LogP contribution is -2.36. The van der Waals surface area contributed by atoms with E-state index in [-0.39, 0.29) is 5.75 Å². The van der Waals surface area contributed by atoms with Crippen LogP contribution in [0.1, 0.15) is 24.4 Å². The highest BCUT2D eigenvalue weighted by Crippen LogP contribution is 1.97. The summed E-state index contributed by atoms with van der Waals surface area (Å²) >= 11 is 1.52. The molecule has 0 amide bonds. The van der Waals surface area contributed by atoms with Gasteiger partial charge in [0.2, 0.25) is 4.80 Å². The van der Waals surface area contributed by atoms with Gasteiger partial charge in [-0.2, -0.15) is 0 Å². The molecule has 8 nitrogen and oxygen atoms in total. The van der Waals surface area contributed by atoms with Crippen molar-refractivity contribution in [3.05, 3.63) is 34.1 Å². The van der Waals surface area contributed by atoms with E-state index < -0.39 is 10.1 Å². The van der Waals surface area contributed by atoms with Crippen molar-refractivity contribution >= 4 is 27.7 Å². The zero-order valence-electron chi connectivity index (χ0n) is 13.0. The lowest BCUT2D eigenvalue weighted by Gasteiger charge is -2.05. The lowest BCUT2D eigenvalue weighted by molar-refractivity contribution is -0.696. The number of aromatic nitrogens is 3. The number of thiazole rings is 1. The second-order valence-corrected chi connectivity index (χ2v) is 7.43. The van der Waals surface area contributed by atoms with Crippen LogP contribution >= 0.6 is 11.3 Å². The predicted octanol–water partition coefficient (Wildman–Crippen LogP) is 0.271. The zero-order chi connectivity index (χ0) is 16.9. The number of hydrogen-bond donors (Lipinski definition) is 1. The van der Waals surface area contributed by atoms with Gasteiger partial charge in [-0.3, -0.25) is 0 Å². The summed E-state index contributed by atoms with van der Waals surface area (Å²) in [5.74, 6) is 0.431. The van der Waals surface area contributed by atoms with E-state index in [1.807, 2.05) is 34.7 Å². The maximum atomic E-state index is 10.6. The highest BCUT2D eigenvalue weighted by molar-refractivity contribution is 7.85. The molecule has 2 aromatic heterocycles. The Kier molecular flexibility index (Phi) is 5.85. The molecule has 2 rings (SSSR count). The average Bonchev–Trinajstić information content (AvgIpc) is 3.04.